The van der Waals surface area contributed by atoms with E-state index in [9.17, 15) is 9.59 Å². The maximum atomic E-state index is 12.9. The van der Waals surface area contributed by atoms with Crippen molar-refractivity contribution in [2.24, 2.45) is 0 Å². The van der Waals surface area contributed by atoms with Crippen LogP contribution in [0.15, 0.2) is 30.6 Å². The van der Waals surface area contributed by atoms with Crippen molar-refractivity contribution in [3.05, 3.63) is 42.0 Å². The molecule has 144 valence electrons. The summed E-state index contributed by atoms with van der Waals surface area (Å²) in [5.41, 5.74) is 1.42. The van der Waals surface area contributed by atoms with Gasteiger partial charge in [-0.15, -0.1) is 0 Å². The number of fused-ring (bicyclic) bond motifs is 3. The van der Waals surface area contributed by atoms with Crippen molar-refractivity contribution < 1.29 is 14.3 Å². The van der Waals surface area contributed by atoms with Crippen molar-refractivity contribution >= 4 is 17.7 Å². The summed E-state index contributed by atoms with van der Waals surface area (Å²) in [6.07, 6.45) is 1.60. The number of carbonyl (C=O) groups excluding carboxylic acids is 2. The zero-order chi connectivity index (χ0) is 20.0. The monoisotopic (exact) mass is 370 g/mol. The molecular weight excluding hydrogens is 344 g/mol. The molecule has 1 aliphatic heterocycles. The average Bonchev–Trinajstić information content (AvgIpc) is 2.95. The molecule has 0 bridgehead atoms. The lowest BCUT2D eigenvalue weighted by Gasteiger charge is -2.33. The van der Waals surface area contributed by atoms with E-state index in [2.05, 4.69) is 10.3 Å². The Morgan fingerprint density at radius 1 is 1.07 bits per heavy atom. The first-order valence-electron chi connectivity index (χ1n) is 8.95. The summed E-state index contributed by atoms with van der Waals surface area (Å²) in [7, 11) is 0. The second-order valence-corrected chi connectivity index (χ2v) is 8.67. The number of benzene rings is 1. The van der Waals surface area contributed by atoms with Crippen molar-refractivity contribution in [1.82, 2.24) is 14.9 Å². The number of esters is 1. The summed E-state index contributed by atoms with van der Waals surface area (Å²) in [5, 5.41) is 2.98. The molecule has 27 heavy (non-hydrogen) atoms. The van der Waals surface area contributed by atoms with Gasteiger partial charge in [0, 0.05) is 5.54 Å². The predicted molar refractivity (Wildman–Crippen MR) is 103 cm³/mol. The van der Waals surface area contributed by atoms with Gasteiger partial charge in [-0.1, -0.05) is 12.1 Å². The van der Waals surface area contributed by atoms with E-state index < -0.39 is 11.6 Å². The summed E-state index contributed by atoms with van der Waals surface area (Å²) in [6, 6.07) is 7.33. The second-order valence-electron chi connectivity index (χ2n) is 8.67. The van der Waals surface area contributed by atoms with Gasteiger partial charge >= 0.3 is 12.0 Å². The SMILES string of the molecule is CC(C)(C)NC(=O)N1Cc2c(C(=O)OC(C)(C)C)ncn2-c2ccccc21. The lowest BCUT2D eigenvalue weighted by Crippen LogP contribution is -2.49. The first-order valence-corrected chi connectivity index (χ1v) is 8.95. The van der Waals surface area contributed by atoms with Gasteiger partial charge in [0.25, 0.3) is 0 Å². The highest BCUT2D eigenvalue weighted by Gasteiger charge is 2.33. The van der Waals surface area contributed by atoms with Crippen LogP contribution >= 0.6 is 0 Å². The number of hydrogen-bond donors (Lipinski definition) is 1. The minimum Gasteiger partial charge on any atom is -0.455 e. The third-order valence-electron chi connectivity index (χ3n) is 3.93. The Balaban J connectivity index is 2.03. The van der Waals surface area contributed by atoms with Crippen LogP contribution in [0.4, 0.5) is 10.5 Å². The van der Waals surface area contributed by atoms with Crippen LogP contribution in [0.5, 0.6) is 0 Å². The lowest BCUT2D eigenvalue weighted by molar-refractivity contribution is 0.00619. The molecule has 2 amide bonds. The summed E-state index contributed by atoms with van der Waals surface area (Å²) >= 11 is 0. The normalized spacial score (nSPS) is 13.6. The number of anilines is 1. The molecule has 0 fully saturated rings. The fourth-order valence-electron chi connectivity index (χ4n) is 2.93. The first-order chi connectivity index (χ1) is 12.5. The molecule has 1 aromatic heterocycles. The average molecular weight is 370 g/mol. The lowest BCUT2D eigenvalue weighted by atomic mass is 10.1. The van der Waals surface area contributed by atoms with Crippen molar-refractivity contribution in [2.45, 2.75) is 59.2 Å². The third-order valence-corrected chi connectivity index (χ3v) is 3.93. The molecule has 0 atom stereocenters. The van der Waals surface area contributed by atoms with Gasteiger partial charge in [-0.2, -0.15) is 0 Å². The number of amides is 2. The van der Waals surface area contributed by atoms with Gasteiger partial charge in [-0.3, -0.25) is 9.47 Å². The number of nitrogens with one attached hydrogen (secondary N) is 1. The zero-order valence-electron chi connectivity index (χ0n) is 16.7. The summed E-state index contributed by atoms with van der Waals surface area (Å²) in [6.45, 7) is 11.4. The molecular formula is C20H26N4O3. The van der Waals surface area contributed by atoms with E-state index in [1.807, 2.05) is 70.4 Å². The Morgan fingerprint density at radius 2 is 1.70 bits per heavy atom. The quantitative estimate of drug-likeness (QED) is 0.777. The molecule has 1 aliphatic rings. The van der Waals surface area contributed by atoms with E-state index in [1.165, 1.54) is 0 Å². The summed E-state index contributed by atoms with van der Waals surface area (Å²) in [4.78, 5) is 31.4. The minimum absolute atomic E-state index is 0.225. The maximum Gasteiger partial charge on any atom is 0.359 e. The van der Waals surface area contributed by atoms with Gasteiger partial charge < -0.3 is 10.1 Å². The zero-order valence-corrected chi connectivity index (χ0v) is 16.7. The van der Waals surface area contributed by atoms with Crippen LogP contribution in [0.25, 0.3) is 5.69 Å². The van der Waals surface area contributed by atoms with Gasteiger partial charge in [-0.25, -0.2) is 14.6 Å². The number of carbonyl (C=O) groups is 2. The topological polar surface area (TPSA) is 76.5 Å². The molecule has 0 spiro atoms. The number of rotatable bonds is 1. The Hall–Kier alpha value is -2.83. The van der Waals surface area contributed by atoms with Crippen molar-refractivity contribution in [3.8, 4) is 5.69 Å². The highest BCUT2D eigenvalue weighted by atomic mass is 16.6. The van der Waals surface area contributed by atoms with Crippen molar-refractivity contribution in [2.75, 3.05) is 4.90 Å². The molecule has 7 nitrogen and oxygen atoms in total. The largest absolute Gasteiger partial charge is 0.455 e. The number of urea groups is 1. The van der Waals surface area contributed by atoms with Gasteiger partial charge in [0.05, 0.1) is 23.6 Å². The van der Waals surface area contributed by atoms with E-state index in [4.69, 9.17) is 4.74 Å². The molecule has 0 saturated carbocycles. The molecule has 0 aliphatic carbocycles. The number of ether oxygens (including phenoxy) is 1. The summed E-state index contributed by atoms with van der Waals surface area (Å²) < 4.78 is 7.32. The van der Waals surface area contributed by atoms with Crippen LogP contribution < -0.4 is 10.2 Å². The van der Waals surface area contributed by atoms with E-state index in [0.29, 0.717) is 5.69 Å². The molecule has 7 heteroatoms. The first kappa shape index (κ1) is 18.9. The van der Waals surface area contributed by atoms with Crippen molar-refractivity contribution in [3.63, 3.8) is 0 Å². The molecule has 2 heterocycles. The molecule has 0 saturated heterocycles. The Labute approximate surface area is 159 Å². The summed E-state index contributed by atoms with van der Waals surface area (Å²) in [5.74, 6) is -0.494. The van der Waals surface area contributed by atoms with E-state index in [-0.39, 0.29) is 23.8 Å². The Bertz CT molecular complexity index is 887. The van der Waals surface area contributed by atoms with Crippen LogP contribution in [0.1, 0.15) is 57.7 Å². The van der Waals surface area contributed by atoms with Crippen molar-refractivity contribution in [1.29, 1.82) is 0 Å². The number of nitrogens with zero attached hydrogens (tertiary/aromatic N) is 3. The molecule has 0 unspecified atom stereocenters. The second kappa shape index (κ2) is 6.40. The number of hydrogen-bond acceptors (Lipinski definition) is 4. The molecule has 3 rings (SSSR count). The molecule has 1 N–H and O–H groups in total. The standard InChI is InChI=1S/C20H26N4O3/c1-19(2,3)22-18(26)23-11-15-16(17(25)27-20(4,5)6)21-12-24(15)14-10-8-7-9-13(14)23/h7-10,12H,11H2,1-6H3,(H,22,26). The highest BCUT2D eigenvalue weighted by Crippen LogP contribution is 2.33. The smallest absolute Gasteiger partial charge is 0.359 e. The Kier molecular flexibility index (Phi) is 4.49. The van der Waals surface area contributed by atoms with E-state index >= 15 is 0 Å². The number of para-hydroxylation sites is 2. The van der Waals surface area contributed by atoms with Crippen LogP contribution in [-0.4, -0.2) is 32.7 Å². The van der Waals surface area contributed by atoms with Crippen LogP contribution in [0, 0.1) is 0 Å². The van der Waals surface area contributed by atoms with Gasteiger partial charge in [0.2, 0.25) is 0 Å². The minimum atomic E-state index is -0.622. The fourth-order valence-corrected chi connectivity index (χ4v) is 2.93. The van der Waals surface area contributed by atoms with E-state index in [0.717, 1.165) is 11.4 Å². The van der Waals surface area contributed by atoms with Gasteiger partial charge in [0.15, 0.2) is 5.69 Å². The Morgan fingerprint density at radius 3 is 2.30 bits per heavy atom. The van der Waals surface area contributed by atoms with Gasteiger partial charge in [-0.05, 0) is 53.7 Å². The maximum absolute atomic E-state index is 12.9. The van der Waals surface area contributed by atoms with Gasteiger partial charge in [0.1, 0.15) is 11.9 Å². The van der Waals surface area contributed by atoms with Crippen LogP contribution in [0.2, 0.25) is 0 Å². The molecule has 0 radical (unpaired) electrons. The highest BCUT2D eigenvalue weighted by molar-refractivity contribution is 5.97. The fraction of sp³-hybridized carbons (Fsp3) is 0.450. The van der Waals surface area contributed by atoms with Crippen LogP contribution in [-0.2, 0) is 11.3 Å². The third kappa shape index (κ3) is 3.97. The molecule has 2 aromatic rings. The molecule has 1 aromatic carbocycles. The van der Waals surface area contributed by atoms with E-state index in [1.54, 1.807) is 11.2 Å². The predicted octanol–water partition coefficient (Wildman–Crippen LogP) is 3.66. The number of imidazole rings is 1. The number of aromatic nitrogens is 2. The van der Waals surface area contributed by atoms with Crippen LogP contribution in [0.3, 0.4) is 0 Å².